The molecule has 1 heterocycles. The lowest BCUT2D eigenvalue weighted by atomic mass is 9.85. The molecule has 1 saturated carbocycles. The number of nitrogens with zero attached hydrogens (tertiary/aromatic N) is 2. The Kier molecular flexibility index (Phi) is 5.06. The number of aromatic carboxylic acids is 1. The third-order valence-corrected chi connectivity index (χ3v) is 6.59. The van der Waals surface area contributed by atoms with Crippen LogP contribution in [0.1, 0.15) is 27.9 Å². The summed E-state index contributed by atoms with van der Waals surface area (Å²) in [6, 6.07) is 11.5. The van der Waals surface area contributed by atoms with Gasteiger partial charge in [0, 0.05) is 0 Å². The smallest absolute Gasteiger partial charge is 0.335 e. The minimum Gasteiger partial charge on any atom is -0.487 e. The number of hydrazone groups is 1. The van der Waals surface area contributed by atoms with Gasteiger partial charge >= 0.3 is 5.97 Å². The third-order valence-electron chi connectivity index (χ3n) is 6.29. The van der Waals surface area contributed by atoms with E-state index in [1.165, 1.54) is 12.3 Å². The van der Waals surface area contributed by atoms with Gasteiger partial charge in [-0.3, -0.25) is 9.59 Å². The van der Waals surface area contributed by atoms with Crippen LogP contribution in [0.4, 0.5) is 0 Å². The van der Waals surface area contributed by atoms with E-state index in [2.05, 4.69) is 5.10 Å². The molecule has 0 radical (unpaired) electrons. The lowest BCUT2D eigenvalue weighted by molar-refractivity contribution is -0.140. The van der Waals surface area contributed by atoms with Crippen molar-refractivity contribution in [3.05, 3.63) is 76.3 Å². The summed E-state index contributed by atoms with van der Waals surface area (Å²) in [7, 11) is 0. The molecule has 1 N–H and O–H groups in total. The van der Waals surface area contributed by atoms with Crippen LogP contribution < -0.4 is 4.74 Å². The van der Waals surface area contributed by atoms with Gasteiger partial charge < -0.3 is 9.84 Å². The molecule has 2 aliphatic carbocycles. The van der Waals surface area contributed by atoms with Crippen molar-refractivity contribution < 1.29 is 24.2 Å². The van der Waals surface area contributed by atoms with Gasteiger partial charge in [-0.15, -0.1) is 0 Å². The molecule has 162 valence electrons. The summed E-state index contributed by atoms with van der Waals surface area (Å²) in [5, 5.41) is 14.6. The second kappa shape index (κ2) is 7.91. The van der Waals surface area contributed by atoms with Crippen molar-refractivity contribution in [2.45, 2.75) is 13.0 Å². The molecule has 0 aromatic heterocycles. The van der Waals surface area contributed by atoms with E-state index in [1.54, 1.807) is 36.4 Å². The zero-order valence-corrected chi connectivity index (χ0v) is 17.6. The summed E-state index contributed by atoms with van der Waals surface area (Å²) in [6.07, 6.45) is 6.40. The highest BCUT2D eigenvalue weighted by atomic mass is 35.5. The van der Waals surface area contributed by atoms with Gasteiger partial charge in [0.25, 0.3) is 11.8 Å². The molecular formula is C24H19ClN2O5. The number of carboxylic acid groups (broad SMARTS) is 1. The fraction of sp³-hybridized carbons (Fsp3) is 0.250. The number of allylic oxidation sites excluding steroid dienone is 2. The van der Waals surface area contributed by atoms with E-state index in [0.717, 1.165) is 11.4 Å². The van der Waals surface area contributed by atoms with Crippen LogP contribution >= 0.6 is 11.6 Å². The Morgan fingerprint density at radius 2 is 1.84 bits per heavy atom. The van der Waals surface area contributed by atoms with Crippen LogP contribution in [0.25, 0.3) is 0 Å². The Labute approximate surface area is 188 Å². The van der Waals surface area contributed by atoms with Gasteiger partial charge in [0.05, 0.1) is 28.6 Å². The van der Waals surface area contributed by atoms with E-state index < -0.39 is 5.97 Å². The standard InChI is InChI=1S/C24H19ClN2O5/c25-18-9-13(4-7-19(18)32-12-14-2-1-3-17(8-14)24(30)31)11-26-27-22(28)20-15-5-6-16(10-15)21(20)23(27)29/h1-9,11,15-16,20-21H,10,12H2,(H,30,31)/t15-,16-,20-,21+/m0/s1. The van der Waals surface area contributed by atoms with Gasteiger partial charge in [-0.1, -0.05) is 35.9 Å². The zero-order chi connectivity index (χ0) is 22.4. The van der Waals surface area contributed by atoms with E-state index in [1.807, 2.05) is 12.2 Å². The maximum absolute atomic E-state index is 12.7. The number of hydrogen-bond acceptors (Lipinski definition) is 5. The zero-order valence-electron chi connectivity index (χ0n) is 16.8. The van der Waals surface area contributed by atoms with Crippen molar-refractivity contribution in [3.63, 3.8) is 0 Å². The highest BCUT2D eigenvalue weighted by molar-refractivity contribution is 6.32. The topological polar surface area (TPSA) is 96.3 Å². The fourth-order valence-corrected chi connectivity index (χ4v) is 5.04. The number of halogens is 1. The molecule has 0 unspecified atom stereocenters. The lowest BCUT2D eigenvalue weighted by Crippen LogP contribution is -2.28. The second-order valence-corrected chi connectivity index (χ2v) is 8.62. The molecule has 1 aliphatic heterocycles. The van der Waals surface area contributed by atoms with Crippen LogP contribution in [0, 0.1) is 23.7 Å². The van der Waals surface area contributed by atoms with Gasteiger partial charge in [-0.05, 0) is 59.7 Å². The maximum atomic E-state index is 12.7. The number of fused-ring (bicyclic) bond motifs is 5. The van der Waals surface area contributed by atoms with Crippen molar-refractivity contribution in [2.24, 2.45) is 28.8 Å². The van der Waals surface area contributed by atoms with Crippen LogP contribution in [-0.2, 0) is 16.2 Å². The predicted octanol–water partition coefficient (Wildman–Crippen LogP) is 3.76. The second-order valence-electron chi connectivity index (χ2n) is 8.22. The number of rotatable bonds is 6. The highest BCUT2D eigenvalue weighted by Crippen LogP contribution is 2.52. The first-order valence-corrected chi connectivity index (χ1v) is 10.6. The van der Waals surface area contributed by atoms with Gasteiger partial charge in [-0.2, -0.15) is 10.1 Å². The number of amides is 2. The Morgan fingerprint density at radius 1 is 1.12 bits per heavy atom. The molecule has 8 heteroatoms. The van der Waals surface area contributed by atoms with Crippen LogP contribution in [-0.4, -0.2) is 34.1 Å². The average Bonchev–Trinajstić information content (AvgIpc) is 3.46. The first-order valence-electron chi connectivity index (χ1n) is 10.3. The molecule has 2 amide bonds. The minimum absolute atomic E-state index is 0.142. The number of carboxylic acids is 1. The van der Waals surface area contributed by atoms with Crippen molar-refractivity contribution in [1.29, 1.82) is 0 Å². The summed E-state index contributed by atoms with van der Waals surface area (Å²) in [6.45, 7) is 0.157. The van der Waals surface area contributed by atoms with E-state index >= 15 is 0 Å². The van der Waals surface area contributed by atoms with Gasteiger partial charge in [-0.25, -0.2) is 4.79 Å². The Morgan fingerprint density at radius 3 is 2.50 bits per heavy atom. The first kappa shape index (κ1) is 20.5. The largest absolute Gasteiger partial charge is 0.487 e. The molecule has 5 rings (SSSR count). The molecule has 3 aliphatic rings. The summed E-state index contributed by atoms with van der Waals surface area (Å²) in [5.41, 5.74) is 1.50. The molecule has 0 spiro atoms. The molecule has 2 fully saturated rings. The van der Waals surface area contributed by atoms with Crippen LogP contribution in [0.15, 0.2) is 59.7 Å². The van der Waals surface area contributed by atoms with Gasteiger partial charge in [0.1, 0.15) is 12.4 Å². The number of carbonyl (C=O) groups excluding carboxylic acids is 2. The molecule has 1 saturated heterocycles. The molecule has 2 aromatic rings. The number of hydrogen-bond donors (Lipinski definition) is 1. The molecule has 2 bridgehead atoms. The number of imide groups is 1. The van der Waals surface area contributed by atoms with Gasteiger partial charge in [0.2, 0.25) is 0 Å². The first-order chi connectivity index (χ1) is 15.4. The summed E-state index contributed by atoms with van der Waals surface area (Å²) < 4.78 is 5.71. The molecule has 2 aromatic carbocycles. The summed E-state index contributed by atoms with van der Waals surface area (Å²) in [4.78, 5) is 36.5. The fourth-order valence-electron chi connectivity index (χ4n) is 4.79. The van der Waals surface area contributed by atoms with E-state index in [9.17, 15) is 14.4 Å². The van der Waals surface area contributed by atoms with Gasteiger partial charge in [0.15, 0.2) is 0 Å². The van der Waals surface area contributed by atoms with E-state index in [0.29, 0.717) is 21.9 Å². The van der Waals surface area contributed by atoms with Crippen molar-refractivity contribution in [2.75, 3.05) is 0 Å². The van der Waals surface area contributed by atoms with Crippen LogP contribution in [0.5, 0.6) is 5.75 Å². The molecular weight excluding hydrogens is 432 g/mol. The Bertz CT molecular complexity index is 1160. The van der Waals surface area contributed by atoms with Crippen molar-refractivity contribution in [3.8, 4) is 5.75 Å². The summed E-state index contributed by atoms with van der Waals surface area (Å²) >= 11 is 6.32. The lowest BCUT2D eigenvalue weighted by Gasteiger charge is -2.13. The monoisotopic (exact) mass is 450 g/mol. The molecule has 7 nitrogen and oxygen atoms in total. The van der Waals surface area contributed by atoms with Crippen LogP contribution in [0.3, 0.4) is 0 Å². The number of carbonyl (C=O) groups is 3. The molecule has 4 atom stereocenters. The van der Waals surface area contributed by atoms with E-state index in [4.69, 9.17) is 21.4 Å². The van der Waals surface area contributed by atoms with Crippen molar-refractivity contribution in [1.82, 2.24) is 5.01 Å². The highest BCUT2D eigenvalue weighted by Gasteiger charge is 2.59. The number of ether oxygens (including phenoxy) is 1. The number of benzene rings is 2. The van der Waals surface area contributed by atoms with Crippen molar-refractivity contribution >= 4 is 35.6 Å². The predicted molar refractivity (Wildman–Crippen MR) is 116 cm³/mol. The van der Waals surface area contributed by atoms with E-state index in [-0.39, 0.29) is 47.7 Å². The van der Waals surface area contributed by atoms with Crippen LogP contribution in [0.2, 0.25) is 5.02 Å². The Balaban J connectivity index is 1.25. The normalized spacial score (nSPS) is 25.7. The molecule has 32 heavy (non-hydrogen) atoms. The maximum Gasteiger partial charge on any atom is 0.335 e. The SMILES string of the molecule is O=C(O)c1cccc(COc2ccc(C=NN3C(=O)[C@@H]4[C@H](C3=O)[C@H]3C=C[C@H]4C3)cc2Cl)c1. The third kappa shape index (κ3) is 3.48. The summed E-state index contributed by atoms with van der Waals surface area (Å²) in [5.74, 6) is -1.33. The minimum atomic E-state index is -1.00. The quantitative estimate of drug-likeness (QED) is 0.410. The average molecular weight is 451 g/mol. The Hall–Kier alpha value is -3.45.